The van der Waals surface area contributed by atoms with Crippen molar-refractivity contribution in [3.05, 3.63) is 0 Å². The molecule has 0 rings (SSSR count). The summed E-state index contributed by atoms with van der Waals surface area (Å²) in [6, 6.07) is 0. The Morgan fingerprint density at radius 3 is 2.00 bits per heavy atom. The van der Waals surface area contributed by atoms with E-state index in [0.29, 0.717) is 0 Å². The number of likely N-dealkylation sites (N-methyl/N-ethyl adjacent to an activating group) is 1. The van der Waals surface area contributed by atoms with Crippen LogP contribution in [0, 0.1) is 11.8 Å². The summed E-state index contributed by atoms with van der Waals surface area (Å²) in [7, 11) is 4.33. The van der Waals surface area contributed by atoms with Crippen LogP contribution in [-0.4, -0.2) is 63.2 Å². The Hall–Kier alpha value is -0.120. The van der Waals surface area contributed by atoms with Crippen LogP contribution in [0.1, 0.15) is 53.4 Å². The SMILES string of the molecule is CC(C)CNCCCCCCN(CCN(C)C)CC(C)C. The molecule has 0 fully saturated rings. The Kier molecular flexibility index (Phi) is 13.5. The monoisotopic (exact) mass is 299 g/mol. The van der Waals surface area contributed by atoms with Crippen molar-refractivity contribution >= 4 is 0 Å². The minimum absolute atomic E-state index is 0.770. The standard InChI is InChI=1S/C18H41N3/c1-17(2)15-19-11-9-7-8-10-12-21(16-18(3)4)14-13-20(5)6/h17-19H,7-16H2,1-6H3. The maximum atomic E-state index is 3.53. The quantitative estimate of drug-likeness (QED) is 0.496. The van der Waals surface area contributed by atoms with E-state index in [1.165, 1.54) is 58.4 Å². The third-order valence-electron chi connectivity index (χ3n) is 3.62. The molecule has 1 N–H and O–H groups in total. The molecule has 128 valence electrons. The van der Waals surface area contributed by atoms with E-state index in [-0.39, 0.29) is 0 Å². The Balaban J connectivity index is 3.58. The summed E-state index contributed by atoms with van der Waals surface area (Å²) >= 11 is 0. The number of hydrogen-bond acceptors (Lipinski definition) is 3. The molecule has 0 saturated heterocycles. The predicted octanol–water partition coefficient (Wildman–Crippen LogP) is 3.31. The van der Waals surface area contributed by atoms with Gasteiger partial charge in [-0.3, -0.25) is 0 Å². The van der Waals surface area contributed by atoms with E-state index >= 15 is 0 Å². The lowest BCUT2D eigenvalue weighted by Crippen LogP contribution is -2.35. The van der Waals surface area contributed by atoms with Crippen molar-refractivity contribution in [2.24, 2.45) is 11.8 Å². The Morgan fingerprint density at radius 1 is 0.762 bits per heavy atom. The third kappa shape index (κ3) is 16.1. The second-order valence-electron chi connectivity index (χ2n) is 7.51. The number of hydrogen-bond donors (Lipinski definition) is 1. The van der Waals surface area contributed by atoms with E-state index in [4.69, 9.17) is 0 Å². The fourth-order valence-electron chi connectivity index (χ4n) is 2.48. The van der Waals surface area contributed by atoms with Crippen molar-refractivity contribution in [3.8, 4) is 0 Å². The molecule has 0 saturated carbocycles. The summed E-state index contributed by atoms with van der Waals surface area (Å²) in [5.41, 5.74) is 0. The first-order valence-electron chi connectivity index (χ1n) is 8.99. The van der Waals surface area contributed by atoms with Gasteiger partial charge in [-0.25, -0.2) is 0 Å². The van der Waals surface area contributed by atoms with Crippen molar-refractivity contribution in [2.75, 3.05) is 53.4 Å². The molecule has 21 heavy (non-hydrogen) atoms. The average Bonchev–Trinajstić information content (AvgIpc) is 2.37. The highest BCUT2D eigenvalue weighted by Gasteiger charge is 2.07. The maximum absolute atomic E-state index is 3.53. The van der Waals surface area contributed by atoms with Gasteiger partial charge in [-0.15, -0.1) is 0 Å². The zero-order valence-electron chi connectivity index (χ0n) is 15.6. The highest BCUT2D eigenvalue weighted by atomic mass is 15.2. The van der Waals surface area contributed by atoms with Gasteiger partial charge < -0.3 is 15.1 Å². The van der Waals surface area contributed by atoms with Crippen LogP contribution in [0.4, 0.5) is 0 Å². The van der Waals surface area contributed by atoms with Crippen molar-refractivity contribution < 1.29 is 0 Å². The lowest BCUT2D eigenvalue weighted by atomic mass is 10.1. The van der Waals surface area contributed by atoms with E-state index in [9.17, 15) is 0 Å². The van der Waals surface area contributed by atoms with Gasteiger partial charge in [-0.2, -0.15) is 0 Å². The molecule has 0 aliphatic carbocycles. The zero-order valence-corrected chi connectivity index (χ0v) is 15.6. The number of unbranched alkanes of at least 4 members (excludes halogenated alkanes) is 3. The van der Waals surface area contributed by atoms with Crippen LogP contribution in [0.2, 0.25) is 0 Å². The van der Waals surface area contributed by atoms with Gasteiger partial charge in [-0.1, -0.05) is 40.5 Å². The second kappa shape index (κ2) is 13.5. The van der Waals surface area contributed by atoms with E-state index < -0.39 is 0 Å². The Bertz CT molecular complexity index is 215. The van der Waals surface area contributed by atoms with Crippen molar-refractivity contribution in [1.82, 2.24) is 15.1 Å². The van der Waals surface area contributed by atoms with Crippen molar-refractivity contribution in [3.63, 3.8) is 0 Å². The first-order valence-corrected chi connectivity index (χ1v) is 8.99. The molecule has 0 atom stereocenters. The molecule has 0 radical (unpaired) electrons. The summed E-state index contributed by atoms with van der Waals surface area (Å²) in [6.07, 6.45) is 5.42. The summed E-state index contributed by atoms with van der Waals surface area (Å²) < 4.78 is 0. The number of nitrogens with one attached hydrogen (secondary N) is 1. The van der Waals surface area contributed by atoms with Gasteiger partial charge in [0.15, 0.2) is 0 Å². The summed E-state index contributed by atoms with van der Waals surface area (Å²) in [5.74, 6) is 1.54. The Labute approximate surface area is 134 Å². The topological polar surface area (TPSA) is 18.5 Å². The summed E-state index contributed by atoms with van der Waals surface area (Å²) in [5, 5.41) is 3.53. The van der Waals surface area contributed by atoms with Crippen LogP contribution in [0.15, 0.2) is 0 Å². The van der Waals surface area contributed by atoms with Gasteiger partial charge in [0.1, 0.15) is 0 Å². The van der Waals surface area contributed by atoms with Crippen LogP contribution < -0.4 is 5.32 Å². The first kappa shape index (κ1) is 20.9. The van der Waals surface area contributed by atoms with Gasteiger partial charge in [0.05, 0.1) is 0 Å². The fraction of sp³-hybridized carbons (Fsp3) is 1.00. The van der Waals surface area contributed by atoms with E-state index in [1.54, 1.807) is 0 Å². The van der Waals surface area contributed by atoms with E-state index in [0.717, 1.165) is 18.4 Å². The number of rotatable bonds is 14. The molecule has 0 aromatic heterocycles. The molecule has 0 aliphatic rings. The Morgan fingerprint density at radius 2 is 1.43 bits per heavy atom. The second-order valence-corrected chi connectivity index (χ2v) is 7.51. The van der Waals surface area contributed by atoms with Crippen LogP contribution in [0.5, 0.6) is 0 Å². The molecule has 0 aromatic rings. The van der Waals surface area contributed by atoms with Crippen LogP contribution in [-0.2, 0) is 0 Å². The van der Waals surface area contributed by atoms with E-state index in [2.05, 4.69) is 56.9 Å². The van der Waals surface area contributed by atoms with Crippen LogP contribution in [0.25, 0.3) is 0 Å². The van der Waals surface area contributed by atoms with Crippen LogP contribution >= 0.6 is 0 Å². The molecule has 0 amide bonds. The molecular formula is C18H41N3. The molecule has 0 aliphatic heterocycles. The smallest absolute Gasteiger partial charge is 0.0109 e. The van der Waals surface area contributed by atoms with Crippen LogP contribution in [0.3, 0.4) is 0 Å². The van der Waals surface area contributed by atoms with Gasteiger partial charge in [0, 0.05) is 19.6 Å². The zero-order chi connectivity index (χ0) is 16.1. The largest absolute Gasteiger partial charge is 0.316 e. The first-order chi connectivity index (χ1) is 9.91. The lowest BCUT2D eigenvalue weighted by Gasteiger charge is -2.25. The fourth-order valence-corrected chi connectivity index (χ4v) is 2.48. The number of nitrogens with zero attached hydrogens (tertiary/aromatic N) is 2. The van der Waals surface area contributed by atoms with Gasteiger partial charge >= 0.3 is 0 Å². The molecular weight excluding hydrogens is 258 g/mol. The third-order valence-corrected chi connectivity index (χ3v) is 3.62. The summed E-state index contributed by atoms with van der Waals surface area (Å²) in [4.78, 5) is 4.93. The van der Waals surface area contributed by atoms with E-state index in [1.807, 2.05) is 0 Å². The molecule has 0 heterocycles. The van der Waals surface area contributed by atoms with Gasteiger partial charge in [0.25, 0.3) is 0 Å². The summed E-state index contributed by atoms with van der Waals surface area (Å²) in [6.45, 7) is 16.4. The predicted molar refractivity (Wildman–Crippen MR) is 96.0 cm³/mol. The van der Waals surface area contributed by atoms with Crippen molar-refractivity contribution in [1.29, 1.82) is 0 Å². The molecule has 0 aromatic carbocycles. The lowest BCUT2D eigenvalue weighted by molar-refractivity contribution is 0.215. The van der Waals surface area contributed by atoms with Crippen molar-refractivity contribution in [2.45, 2.75) is 53.4 Å². The van der Waals surface area contributed by atoms with Gasteiger partial charge in [-0.05, 0) is 58.4 Å². The normalized spacial score (nSPS) is 12.3. The molecule has 3 nitrogen and oxygen atoms in total. The molecule has 0 spiro atoms. The highest BCUT2D eigenvalue weighted by molar-refractivity contribution is 4.62. The minimum atomic E-state index is 0.770. The van der Waals surface area contributed by atoms with Gasteiger partial charge in [0.2, 0.25) is 0 Å². The molecule has 0 bridgehead atoms. The average molecular weight is 300 g/mol. The maximum Gasteiger partial charge on any atom is 0.0109 e. The molecule has 3 heteroatoms. The molecule has 0 unspecified atom stereocenters. The minimum Gasteiger partial charge on any atom is -0.316 e. The highest BCUT2D eigenvalue weighted by Crippen LogP contribution is 2.05.